The number of likely N-dealkylation sites (tertiary alicyclic amines) is 1. The van der Waals surface area contributed by atoms with Crippen molar-refractivity contribution in [3.05, 3.63) is 11.9 Å². The van der Waals surface area contributed by atoms with Crippen LogP contribution in [0.15, 0.2) is 6.20 Å². The third-order valence-corrected chi connectivity index (χ3v) is 3.73. The van der Waals surface area contributed by atoms with E-state index in [2.05, 4.69) is 27.5 Å². The lowest BCUT2D eigenvalue weighted by molar-refractivity contribution is -0.0900. The second kappa shape index (κ2) is 4.04. The summed E-state index contributed by atoms with van der Waals surface area (Å²) in [5, 5.41) is 12.1. The van der Waals surface area contributed by atoms with Crippen LogP contribution < -0.4 is 5.32 Å². The standard InChI is InChI=1S/C11H19N5O/c1-15-5-3-11(8-15)10(12-4-6-17-11)9-7-13-16(2)14-9/h7,10,12H,3-6,8H2,1-2H3. The summed E-state index contributed by atoms with van der Waals surface area (Å²) in [6.07, 6.45) is 2.89. The van der Waals surface area contributed by atoms with E-state index >= 15 is 0 Å². The van der Waals surface area contributed by atoms with Crippen molar-refractivity contribution in [1.29, 1.82) is 0 Å². The molecule has 2 atom stereocenters. The molecule has 2 fully saturated rings. The fourth-order valence-electron chi connectivity index (χ4n) is 2.94. The van der Waals surface area contributed by atoms with Crippen molar-refractivity contribution in [2.75, 3.05) is 33.3 Å². The maximum absolute atomic E-state index is 6.09. The highest BCUT2D eigenvalue weighted by Gasteiger charge is 2.48. The number of likely N-dealkylation sites (N-methyl/N-ethyl adjacent to an activating group) is 1. The van der Waals surface area contributed by atoms with Crippen molar-refractivity contribution in [3.8, 4) is 0 Å². The summed E-state index contributed by atoms with van der Waals surface area (Å²) in [6, 6.07) is 0.162. The number of nitrogens with one attached hydrogen (secondary N) is 1. The van der Waals surface area contributed by atoms with Gasteiger partial charge >= 0.3 is 0 Å². The fraction of sp³-hybridized carbons (Fsp3) is 0.818. The Bertz CT molecular complexity index is 402. The highest BCUT2D eigenvalue weighted by Crippen LogP contribution is 2.37. The van der Waals surface area contributed by atoms with Crippen molar-refractivity contribution in [3.63, 3.8) is 0 Å². The van der Waals surface area contributed by atoms with Crippen molar-refractivity contribution in [2.24, 2.45) is 7.05 Å². The molecule has 94 valence electrons. The Morgan fingerprint density at radius 2 is 2.41 bits per heavy atom. The number of morpholine rings is 1. The number of nitrogens with zero attached hydrogens (tertiary/aromatic N) is 4. The van der Waals surface area contributed by atoms with E-state index in [0.29, 0.717) is 0 Å². The first-order chi connectivity index (χ1) is 8.20. The third kappa shape index (κ3) is 1.86. The molecule has 2 aliphatic rings. The molecular weight excluding hydrogens is 218 g/mol. The largest absolute Gasteiger partial charge is 0.370 e. The SMILES string of the molecule is CN1CCC2(C1)OCCNC2c1cnn(C)n1. The predicted octanol–water partition coefficient (Wildman–Crippen LogP) is -0.450. The number of aryl methyl sites for hydroxylation is 1. The normalized spacial score (nSPS) is 34.6. The molecule has 2 saturated heterocycles. The van der Waals surface area contributed by atoms with E-state index in [-0.39, 0.29) is 11.6 Å². The highest BCUT2D eigenvalue weighted by atomic mass is 16.5. The van der Waals surface area contributed by atoms with Gasteiger partial charge in [-0.05, 0) is 13.5 Å². The van der Waals surface area contributed by atoms with E-state index in [9.17, 15) is 0 Å². The molecule has 0 amide bonds. The molecule has 0 radical (unpaired) electrons. The first kappa shape index (κ1) is 11.1. The molecule has 0 saturated carbocycles. The highest BCUT2D eigenvalue weighted by molar-refractivity contribution is 5.13. The Morgan fingerprint density at radius 3 is 3.06 bits per heavy atom. The molecule has 6 nitrogen and oxygen atoms in total. The first-order valence-corrected chi connectivity index (χ1v) is 6.12. The number of ether oxygens (including phenoxy) is 1. The molecule has 0 bridgehead atoms. The lowest BCUT2D eigenvalue weighted by Crippen LogP contribution is -2.53. The summed E-state index contributed by atoms with van der Waals surface area (Å²) < 4.78 is 6.09. The van der Waals surface area contributed by atoms with Crippen LogP contribution in [0.2, 0.25) is 0 Å². The summed E-state index contributed by atoms with van der Waals surface area (Å²) in [5.41, 5.74) is 0.866. The second-order valence-electron chi connectivity index (χ2n) is 5.05. The monoisotopic (exact) mass is 237 g/mol. The van der Waals surface area contributed by atoms with Gasteiger partial charge in [-0.15, -0.1) is 0 Å². The van der Waals surface area contributed by atoms with Gasteiger partial charge < -0.3 is 15.0 Å². The predicted molar refractivity (Wildman–Crippen MR) is 62.5 cm³/mol. The van der Waals surface area contributed by atoms with E-state index in [4.69, 9.17) is 4.74 Å². The van der Waals surface area contributed by atoms with Gasteiger partial charge in [-0.25, -0.2) is 0 Å². The first-order valence-electron chi connectivity index (χ1n) is 6.12. The zero-order valence-corrected chi connectivity index (χ0v) is 10.4. The topological polar surface area (TPSA) is 55.2 Å². The molecule has 1 aromatic heterocycles. The van der Waals surface area contributed by atoms with Crippen LogP contribution in [0.1, 0.15) is 18.2 Å². The van der Waals surface area contributed by atoms with Gasteiger partial charge in [0.15, 0.2) is 0 Å². The average molecular weight is 237 g/mol. The summed E-state index contributed by atoms with van der Waals surface area (Å²) >= 11 is 0. The van der Waals surface area contributed by atoms with Crippen LogP contribution in [0.5, 0.6) is 0 Å². The molecule has 3 heterocycles. The summed E-state index contributed by atoms with van der Waals surface area (Å²) in [4.78, 5) is 3.92. The Labute approximate surface area is 101 Å². The molecule has 0 aromatic carbocycles. The van der Waals surface area contributed by atoms with E-state index in [1.54, 1.807) is 4.80 Å². The molecule has 2 unspecified atom stereocenters. The van der Waals surface area contributed by atoms with Crippen molar-refractivity contribution < 1.29 is 4.74 Å². The molecule has 1 N–H and O–H groups in total. The minimum absolute atomic E-state index is 0.122. The Kier molecular flexibility index (Phi) is 2.65. The number of rotatable bonds is 1. The van der Waals surface area contributed by atoms with Crippen LogP contribution in [-0.2, 0) is 11.8 Å². The van der Waals surface area contributed by atoms with E-state index in [0.717, 1.165) is 38.4 Å². The van der Waals surface area contributed by atoms with Crippen LogP contribution in [0.4, 0.5) is 0 Å². The van der Waals surface area contributed by atoms with Gasteiger partial charge in [-0.2, -0.15) is 15.0 Å². The van der Waals surface area contributed by atoms with Gasteiger partial charge in [0.05, 0.1) is 18.8 Å². The molecule has 1 spiro atoms. The lowest BCUT2D eigenvalue weighted by Gasteiger charge is -2.40. The average Bonchev–Trinajstić information content (AvgIpc) is 2.88. The Balaban J connectivity index is 1.90. The maximum atomic E-state index is 6.09. The quantitative estimate of drug-likeness (QED) is 0.717. The third-order valence-electron chi connectivity index (χ3n) is 3.73. The van der Waals surface area contributed by atoms with Crippen LogP contribution in [-0.4, -0.2) is 58.8 Å². The summed E-state index contributed by atoms with van der Waals surface area (Å²) in [7, 11) is 3.99. The molecule has 6 heteroatoms. The molecule has 1 aromatic rings. The molecule has 3 rings (SSSR count). The summed E-state index contributed by atoms with van der Waals surface area (Å²) in [6.45, 7) is 3.71. The zero-order chi connectivity index (χ0) is 11.9. The number of hydrogen-bond acceptors (Lipinski definition) is 5. The number of hydrogen-bond donors (Lipinski definition) is 1. The van der Waals surface area contributed by atoms with E-state index in [1.807, 2.05) is 13.2 Å². The van der Waals surface area contributed by atoms with Crippen molar-refractivity contribution in [2.45, 2.75) is 18.1 Å². The minimum atomic E-state index is -0.122. The smallest absolute Gasteiger partial charge is 0.103 e. The van der Waals surface area contributed by atoms with Gasteiger partial charge in [0.25, 0.3) is 0 Å². The second-order valence-corrected chi connectivity index (χ2v) is 5.05. The minimum Gasteiger partial charge on any atom is -0.370 e. The van der Waals surface area contributed by atoms with Crippen molar-refractivity contribution >= 4 is 0 Å². The van der Waals surface area contributed by atoms with Crippen molar-refractivity contribution in [1.82, 2.24) is 25.2 Å². The fourth-order valence-corrected chi connectivity index (χ4v) is 2.94. The Morgan fingerprint density at radius 1 is 1.53 bits per heavy atom. The number of aromatic nitrogens is 3. The van der Waals surface area contributed by atoms with Gasteiger partial charge in [0.1, 0.15) is 11.3 Å². The maximum Gasteiger partial charge on any atom is 0.103 e. The van der Waals surface area contributed by atoms with Gasteiger partial charge in [0.2, 0.25) is 0 Å². The van der Waals surface area contributed by atoms with Crippen LogP contribution in [0, 0.1) is 0 Å². The van der Waals surface area contributed by atoms with Crippen LogP contribution in [0.3, 0.4) is 0 Å². The summed E-state index contributed by atoms with van der Waals surface area (Å²) in [5.74, 6) is 0. The van der Waals surface area contributed by atoms with Gasteiger partial charge in [-0.3, -0.25) is 0 Å². The van der Waals surface area contributed by atoms with E-state index < -0.39 is 0 Å². The van der Waals surface area contributed by atoms with Crippen LogP contribution in [0.25, 0.3) is 0 Å². The lowest BCUT2D eigenvalue weighted by atomic mass is 9.89. The zero-order valence-electron chi connectivity index (χ0n) is 10.4. The molecular formula is C11H19N5O. The van der Waals surface area contributed by atoms with Gasteiger partial charge in [-0.1, -0.05) is 0 Å². The van der Waals surface area contributed by atoms with E-state index in [1.165, 1.54) is 0 Å². The molecule has 0 aliphatic carbocycles. The Hall–Kier alpha value is -0.980. The molecule has 2 aliphatic heterocycles. The molecule has 17 heavy (non-hydrogen) atoms. The van der Waals surface area contributed by atoms with Gasteiger partial charge in [0, 0.05) is 26.7 Å². The van der Waals surface area contributed by atoms with Crippen LogP contribution >= 0.6 is 0 Å².